The van der Waals surface area contributed by atoms with Crippen molar-refractivity contribution >= 4 is 34.8 Å². The number of rotatable bonds is 3. The first-order valence-electron chi connectivity index (χ1n) is 6.99. The van der Waals surface area contributed by atoms with Crippen LogP contribution in [0.1, 0.15) is 19.3 Å². The molecule has 0 aliphatic heterocycles. The fraction of sp³-hybridized carbons (Fsp3) is 0.643. The van der Waals surface area contributed by atoms with Crippen molar-refractivity contribution in [1.82, 2.24) is 4.98 Å². The SMILES string of the molecule is CNc1nc(NC2C3C4CCC(C4)C23)c(Cl)cc1Cl. The fourth-order valence-electron chi connectivity index (χ4n) is 4.42. The molecule has 3 nitrogen and oxygen atoms in total. The summed E-state index contributed by atoms with van der Waals surface area (Å²) in [5, 5.41) is 7.72. The van der Waals surface area contributed by atoms with Crippen LogP contribution >= 0.6 is 23.2 Å². The lowest BCUT2D eigenvalue weighted by molar-refractivity contribution is 0.456. The molecule has 1 aromatic rings. The summed E-state index contributed by atoms with van der Waals surface area (Å²) in [7, 11) is 1.82. The molecular weight excluding hydrogens is 281 g/mol. The van der Waals surface area contributed by atoms with Crippen molar-refractivity contribution in [2.24, 2.45) is 23.7 Å². The zero-order chi connectivity index (χ0) is 13.1. The number of hydrogen-bond acceptors (Lipinski definition) is 3. The highest BCUT2D eigenvalue weighted by molar-refractivity contribution is 6.37. The first-order chi connectivity index (χ1) is 9.19. The molecule has 0 radical (unpaired) electrons. The summed E-state index contributed by atoms with van der Waals surface area (Å²) >= 11 is 12.3. The maximum absolute atomic E-state index is 6.24. The monoisotopic (exact) mass is 297 g/mol. The molecule has 0 saturated heterocycles. The first kappa shape index (κ1) is 12.1. The van der Waals surface area contributed by atoms with Gasteiger partial charge in [0.2, 0.25) is 0 Å². The molecule has 3 fully saturated rings. The third kappa shape index (κ3) is 1.74. The lowest BCUT2D eigenvalue weighted by atomic mass is 10.0. The van der Waals surface area contributed by atoms with Crippen molar-refractivity contribution in [1.29, 1.82) is 0 Å². The first-order valence-corrected chi connectivity index (χ1v) is 7.75. The minimum Gasteiger partial charge on any atom is -0.372 e. The predicted octanol–water partition coefficient (Wildman–Crippen LogP) is 3.89. The molecule has 4 unspecified atom stereocenters. The number of nitrogens with zero attached hydrogens (tertiary/aromatic N) is 1. The Morgan fingerprint density at radius 1 is 1.11 bits per heavy atom. The molecule has 0 spiro atoms. The van der Waals surface area contributed by atoms with Crippen molar-refractivity contribution in [3.63, 3.8) is 0 Å². The van der Waals surface area contributed by atoms with Gasteiger partial charge in [0.05, 0.1) is 10.0 Å². The number of hydrogen-bond donors (Lipinski definition) is 2. The molecule has 102 valence electrons. The van der Waals surface area contributed by atoms with Gasteiger partial charge in [0.15, 0.2) is 0 Å². The van der Waals surface area contributed by atoms with Gasteiger partial charge in [-0.2, -0.15) is 0 Å². The van der Waals surface area contributed by atoms with Crippen molar-refractivity contribution in [3.05, 3.63) is 16.1 Å². The van der Waals surface area contributed by atoms with Crippen LogP contribution in [0, 0.1) is 23.7 Å². The lowest BCUT2D eigenvalue weighted by Gasteiger charge is -2.14. The molecule has 0 amide bonds. The Balaban J connectivity index is 1.55. The van der Waals surface area contributed by atoms with Gasteiger partial charge in [0.25, 0.3) is 0 Å². The maximum atomic E-state index is 6.24. The van der Waals surface area contributed by atoms with E-state index in [1.807, 2.05) is 7.05 Å². The van der Waals surface area contributed by atoms with E-state index in [9.17, 15) is 0 Å². The van der Waals surface area contributed by atoms with Crippen molar-refractivity contribution in [2.45, 2.75) is 25.3 Å². The Bertz CT molecular complexity index is 518. The molecule has 5 heteroatoms. The molecule has 19 heavy (non-hydrogen) atoms. The number of aromatic nitrogens is 1. The van der Waals surface area contributed by atoms with E-state index >= 15 is 0 Å². The van der Waals surface area contributed by atoms with Gasteiger partial charge in [-0.05, 0) is 49.0 Å². The van der Waals surface area contributed by atoms with Gasteiger partial charge in [-0.3, -0.25) is 0 Å². The Labute approximate surface area is 123 Å². The smallest absolute Gasteiger partial charge is 0.147 e. The molecule has 2 N–H and O–H groups in total. The topological polar surface area (TPSA) is 37.0 Å². The van der Waals surface area contributed by atoms with Gasteiger partial charge in [0.1, 0.15) is 11.6 Å². The maximum Gasteiger partial charge on any atom is 0.147 e. The van der Waals surface area contributed by atoms with Gasteiger partial charge >= 0.3 is 0 Å². The van der Waals surface area contributed by atoms with Crippen LogP contribution in [0.4, 0.5) is 11.6 Å². The Hall–Kier alpha value is -0.670. The summed E-state index contributed by atoms with van der Waals surface area (Å²) in [4.78, 5) is 4.48. The Kier molecular flexibility index (Phi) is 2.65. The molecule has 3 saturated carbocycles. The second-order valence-electron chi connectivity index (χ2n) is 6.06. The molecule has 1 aromatic heterocycles. The molecule has 0 aromatic carbocycles. The second-order valence-corrected chi connectivity index (χ2v) is 6.87. The van der Waals surface area contributed by atoms with Gasteiger partial charge < -0.3 is 10.6 Å². The van der Waals surface area contributed by atoms with E-state index in [4.69, 9.17) is 23.2 Å². The normalized spacial score (nSPS) is 38.2. The Morgan fingerprint density at radius 3 is 2.37 bits per heavy atom. The van der Waals surface area contributed by atoms with Crippen LogP contribution in [0.15, 0.2) is 6.07 Å². The largest absolute Gasteiger partial charge is 0.372 e. The average Bonchev–Trinajstić information content (AvgIpc) is 2.79. The van der Waals surface area contributed by atoms with Gasteiger partial charge in [-0.1, -0.05) is 23.2 Å². The van der Waals surface area contributed by atoms with Crippen LogP contribution in [0.25, 0.3) is 0 Å². The zero-order valence-electron chi connectivity index (χ0n) is 10.8. The molecule has 3 aliphatic carbocycles. The average molecular weight is 298 g/mol. The molecule has 4 atom stereocenters. The fourth-order valence-corrected chi connectivity index (χ4v) is 4.93. The van der Waals surface area contributed by atoms with Crippen molar-refractivity contribution < 1.29 is 0 Å². The molecular formula is C14H17Cl2N3. The van der Waals surface area contributed by atoms with Gasteiger partial charge in [-0.25, -0.2) is 4.98 Å². The van der Waals surface area contributed by atoms with E-state index in [1.165, 1.54) is 19.3 Å². The minimum atomic E-state index is 0.564. The summed E-state index contributed by atoms with van der Waals surface area (Å²) in [6.07, 6.45) is 4.30. The third-order valence-corrected chi connectivity index (χ3v) is 5.78. The zero-order valence-corrected chi connectivity index (χ0v) is 12.3. The molecule has 1 heterocycles. The summed E-state index contributed by atoms with van der Waals surface area (Å²) in [5.74, 6) is 5.08. The van der Waals surface area contributed by atoms with Crippen LogP contribution in [0.5, 0.6) is 0 Å². The van der Waals surface area contributed by atoms with Crippen molar-refractivity contribution in [3.8, 4) is 0 Å². The number of halogens is 2. The van der Waals surface area contributed by atoms with Gasteiger partial charge in [0, 0.05) is 13.1 Å². The van der Waals surface area contributed by atoms with Crippen LogP contribution in [-0.4, -0.2) is 18.1 Å². The van der Waals surface area contributed by atoms with Crippen LogP contribution in [0.3, 0.4) is 0 Å². The summed E-state index contributed by atoms with van der Waals surface area (Å²) in [5.41, 5.74) is 0. The standard InChI is InChI=1S/C14H17Cl2N3/c1-17-13-8(15)5-9(16)14(19-13)18-12-10-6-2-3-7(4-6)11(10)12/h5-7,10-12H,2-4H2,1H3,(H2,17,18,19). The van der Waals surface area contributed by atoms with Gasteiger partial charge in [-0.15, -0.1) is 0 Å². The molecule has 2 bridgehead atoms. The highest BCUT2D eigenvalue weighted by atomic mass is 35.5. The van der Waals surface area contributed by atoms with E-state index in [-0.39, 0.29) is 0 Å². The van der Waals surface area contributed by atoms with Crippen molar-refractivity contribution in [2.75, 3.05) is 17.7 Å². The quantitative estimate of drug-likeness (QED) is 0.889. The predicted molar refractivity (Wildman–Crippen MR) is 79.0 cm³/mol. The minimum absolute atomic E-state index is 0.564. The molecule has 4 rings (SSSR count). The number of pyridine rings is 1. The van der Waals surface area contributed by atoms with E-state index < -0.39 is 0 Å². The van der Waals surface area contributed by atoms with Crippen LogP contribution in [0.2, 0.25) is 10.0 Å². The Morgan fingerprint density at radius 2 is 1.74 bits per heavy atom. The number of fused-ring (bicyclic) bond motifs is 5. The summed E-state index contributed by atoms with van der Waals surface area (Å²) in [6, 6.07) is 2.35. The van der Waals surface area contributed by atoms with E-state index in [0.29, 0.717) is 21.9 Å². The highest BCUT2D eigenvalue weighted by Gasteiger charge is 2.65. The lowest BCUT2D eigenvalue weighted by Crippen LogP contribution is -2.14. The summed E-state index contributed by atoms with van der Waals surface area (Å²) in [6.45, 7) is 0. The third-order valence-electron chi connectivity index (χ3n) is 5.21. The molecule has 3 aliphatic rings. The summed E-state index contributed by atoms with van der Waals surface area (Å²) < 4.78 is 0. The van der Waals surface area contributed by atoms with Crippen LogP contribution in [-0.2, 0) is 0 Å². The highest BCUT2D eigenvalue weighted by Crippen LogP contribution is 2.66. The second kappa shape index (κ2) is 4.16. The van der Waals surface area contributed by atoms with E-state index in [2.05, 4.69) is 15.6 Å². The number of anilines is 2. The van der Waals surface area contributed by atoms with E-state index in [0.717, 1.165) is 29.5 Å². The number of nitrogens with one attached hydrogen (secondary N) is 2. The van der Waals surface area contributed by atoms with E-state index in [1.54, 1.807) is 6.07 Å². The van der Waals surface area contributed by atoms with Crippen LogP contribution < -0.4 is 10.6 Å².